The molecule has 0 saturated heterocycles. The molecule has 180 valence electrons. The summed E-state index contributed by atoms with van der Waals surface area (Å²) in [4.78, 5) is 12.8. The van der Waals surface area contributed by atoms with E-state index in [1.54, 1.807) is 42.5 Å². The molecule has 0 bridgehead atoms. The molecule has 0 aliphatic heterocycles. The van der Waals surface area contributed by atoms with Gasteiger partial charge in [-0.15, -0.1) is 0 Å². The Hall–Kier alpha value is -2.54. The van der Waals surface area contributed by atoms with Gasteiger partial charge in [-0.25, -0.2) is 8.42 Å². The van der Waals surface area contributed by atoms with Crippen molar-refractivity contribution in [3.05, 3.63) is 98.5 Å². The zero-order valence-electron chi connectivity index (χ0n) is 19.4. The van der Waals surface area contributed by atoms with Crippen molar-refractivity contribution in [3.8, 4) is 0 Å². The van der Waals surface area contributed by atoms with Gasteiger partial charge in [0.15, 0.2) is 0 Å². The molecule has 3 aromatic carbocycles. The first-order chi connectivity index (χ1) is 16.1. The third kappa shape index (κ3) is 6.32. The molecule has 0 unspecified atom stereocenters. The fourth-order valence-corrected chi connectivity index (χ4v) is 5.08. The number of halogens is 2. The van der Waals surface area contributed by atoms with Gasteiger partial charge in [0.05, 0.1) is 18.5 Å². The number of rotatable bonds is 9. The second-order valence-corrected chi connectivity index (χ2v) is 10.7. The molecule has 8 heteroatoms. The van der Waals surface area contributed by atoms with E-state index in [4.69, 9.17) is 23.2 Å². The smallest absolute Gasteiger partial charge is 0.251 e. The van der Waals surface area contributed by atoms with E-state index >= 15 is 0 Å². The molecule has 3 rings (SSSR count). The van der Waals surface area contributed by atoms with Gasteiger partial charge in [0, 0.05) is 27.7 Å². The summed E-state index contributed by atoms with van der Waals surface area (Å²) in [5.74, 6) is -0.226. The van der Waals surface area contributed by atoms with Crippen LogP contribution < -0.4 is 9.62 Å². The Morgan fingerprint density at radius 3 is 2.12 bits per heavy atom. The highest BCUT2D eigenvalue weighted by molar-refractivity contribution is 7.92. The van der Waals surface area contributed by atoms with Gasteiger partial charge in [0.25, 0.3) is 5.91 Å². The number of anilines is 1. The van der Waals surface area contributed by atoms with Gasteiger partial charge in [-0.3, -0.25) is 9.10 Å². The number of hydrogen-bond acceptors (Lipinski definition) is 3. The highest BCUT2D eigenvalue weighted by Gasteiger charge is 2.21. The maximum Gasteiger partial charge on any atom is 0.251 e. The number of sulfonamides is 1. The Balaban J connectivity index is 1.78. The van der Waals surface area contributed by atoms with Gasteiger partial charge in [-0.2, -0.15) is 0 Å². The minimum absolute atomic E-state index is 0.0174. The first kappa shape index (κ1) is 26.1. The number of amides is 1. The van der Waals surface area contributed by atoms with E-state index in [0.29, 0.717) is 33.4 Å². The molecule has 0 aliphatic rings. The lowest BCUT2D eigenvalue weighted by Crippen LogP contribution is -2.29. The van der Waals surface area contributed by atoms with Crippen molar-refractivity contribution in [2.75, 3.05) is 10.6 Å². The van der Waals surface area contributed by atoms with Crippen LogP contribution in [0.5, 0.6) is 0 Å². The van der Waals surface area contributed by atoms with Gasteiger partial charge in [-0.1, -0.05) is 61.3 Å². The van der Waals surface area contributed by atoms with Crippen LogP contribution in [0.15, 0.2) is 60.7 Å². The Bertz CT molecular complexity index is 1260. The molecule has 0 aliphatic carbocycles. The Labute approximate surface area is 211 Å². The van der Waals surface area contributed by atoms with Crippen LogP contribution in [0.4, 0.5) is 5.69 Å². The van der Waals surface area contributed by atoms with E-state index in [2.05, 4.69) is 37.4 Å². The second kappa shape index (κ2) is 11.3. The molecule has 3 aromatic rings. The zero-order chi connectivity index (χ0) is 24.9. The summed E-state index contributed by atoms with van der Waals surface area (Å²) in [7, 11) is -3.63. The summed E-state index contributed by atoms with van der Waals surface area (Å²) in [6.07, 6.45) is 2.94. The standard InChI is InChI=1S/C26H28Cl2N2O3S/c1-4-18-9-10-19(5-2)21(15-18)16-29-26(31)20-11-13-22(14-12-20)30(34(3,32)33)17-23-24(27)7-6-8-25(23)28/h6-15H,4-5,16-17H2,1-3H3,(H,29,31). The number of carbonyl (C=O) groups excluding carboxylic acids is 1. The Morgan fingerprint density at radius 2 is 1.56 bits per heavy atom. The van der Waals surface area contributed by atoms with Crippen molar-refractivity contribution in [1.29, 1.82) is 0 Å². The third-order valence-electron chi connectivity index (χ3n) is 5.68. The van der Waals surface area contributed by atoms with Crippen molar-refractivity contribution >= 4 is 44.8 Å². The van der Waals surface area contributed by atoms with Crippen LogP contribution >= 0.6 is 23.2 Å². The predicted octanol–water partition coefficient (Wildman–Crippen LogP) is 6.01. The average Bonchev–Trinajstić information content (AvgIpc) is 2.81. The van der Waals surface area contributed by atoms with Crippen LogP contribution in [0.25, 0.3) is 0 Å². The molecule has 0 aromatic heterocycles. The SMILES string of the molecule is CCc1ccc(CC)c(CNC(=O)c2ccc(N(Cc3c(Cl)cccc3Cl)S(C)(=O)=O)cc2)c1. The molecule has 1 amide bonds. The van der Waals surface area contributed by atoms with Gasteiger partial charge in [-0.05, 0) is 65.9 Å². The summed E-state index contributed by atoms with van der Waals surface area (Å²) in [6, 6.07) is 17.8. The first-order valence-corrected chi connectivity index (χ1v) is 13.6. The van der Waals surface area contributed by atoms with Crippen molar-refractivity contribution in [2.24, 2.45) is 0 Å². The van der Waals surface area contributed by atoms with E-state index in [0.717, 1.165) is 24.7 Å². The van der Waals surface area contributed by atoms with E-state index in [-0.39, 0.29) is 12.5 Å². The van der Waals surface area contributed by atoms with Crippen LogP contribution in [-0.4, -0.2) is 20.6 Å². The van der Waals surface area contributed by atoms with Crippen LogP contribution in [0.3, 0.4) is 0 Å². The number of nitrogens with one attached hydrogen (secondary N) is 1. The molecule has 0 fully saturated rings. The fourth-order valence-electron chi connectivity index (χ4n) is 3.69. The molecule has 0 spiro atoms. The lowest BCUT2D eigenvalue weighted by molar-refractivity contribution is 0.0951. The number of benzene rings is 3. The van der Waals surface area contributed by atoms with E-state index in [9.17, 15) is 13.2 Å². The third-order valence-corrected chi connectivity index (χ3v) is 7.53. The number of nitrogens with zero attached hydrogens (tertiary/aromatic N) is 1. The molecule has 0 atom stereocenters. The first-order valence-electron chi connectivity index (χ1n) is 11.0. The quantitative estimate of drug-likeness (QED) is 0.376. The summed E-state index contributed by atoms with van der Waals surface area (Å²) in [6.45, 7) is 4.60. The summed E-state index contributed by atoms with van der Waals surface area (Å²) in [5, 5.41) is 3.74. The van der Waals surface area contributed by atoms with E-state index < -0.39 is 10.0 Å². The lowest BCUT2D eigenvalue weighted by Gasteiger charge is -2.23. The molecule has 0 saturated carbocycles. The maximum atomic E-state index is 12.8. The summed E-state index contributed by atoms with van der Waals surface area (Å²) < 4.78 is 26.2. The minimum atomic E-state index is -3.63. The molecular weight excluding hydrogens is 491 g/mol. The number of hydrogen-bond donors (Lipinski definition) is 1. The Morgan fingerprint density at radius 1 is 0.912 bits per heavy atom. The van der Waals surface area contributed by atoms with E-state index in [1.165, 1.54) is 15.4 Å². The van der Waals surface area contributed by atoms with Crippen LogP contribution in [0.1, 0.15) is 46.5 Å². The topological polar surface area (TPSA) is 66.5 Å². The minimum Gasteiger partial charge on any atom is -0.348 e. The van der Waals surface area contributed by atoms with Crippen LogP contribution in [0, 0.1) is 0 Å². The summed E-state index contributed by atoms with van der Waals surface area (Å²) in [5.41, 5.74) is 4.91. The molecule has 34 heavy (non-hydrogen) atoms. The molecule has 0 radical (unpaired) electrons. The molecule has 1 N–H and O–H groups in total. The molecule has 5 nitrogen and oxygen atoms in total. The predicted molar refractivity (Wildman–Crippen MR) is 140 cm³/mol. The van der Waals surface area contributed by atoms with Gasteiger partial charge >= 0.3 is 0 Å². The Kier molecular flexibility index (Phi) is 8.63. The fraction of sp³-hybridized carbons (Fsp3) is 0.269. The van der Waals surface area contributed by atoms with Gasteiger partial charge in [0.1, 0.15) is 0 Å². The number of aryl methyl sites for hydroxylation is 2. The van der Waals surface area contributed by atoms with Crippen molar-refractivity contribution < 1.29 is 13.2 Å². The summed E-state index contributed by atoms with van der Waals surface area (Å²) >= 11 is 12.5. The largest absolute Gasteiger partial charge is 0.348 e. The second-order valence-electron chi connectivity index (χ2n) is 8.01. The van der Waals surface area contributed by atoms with Gasteiger partial charge < -0.3 is 5.32 Å². The molecule has 0 heterocycles. The van der Waals surface area contributed by atoms with Crippen molar-refractivity contribution in [2.45, 2.75) is 39.8 Å². The highest BCUT2D eigenvalue weighted by Crippen LogP contribution is 2.29. The van der Waals surface area contributed by atoms with Crippen LogP contribution in [-0.2, 0) is 36.0 Å². The van der Waals surface area contributed by atoms with Crippen molar-refractivity contribution in [3.63, 3.8) is 0 Å². The highest BCUT2D eigenvalue weighted by atomic mass is 35.5. The van der Waals surface area contributed by atoms with Crippen LogP contribution in [0.2, 0.25) is 10.0 Å². The average molecular weight is 519 g/mol. The molecular formula is C26H28Cl2N2O3S. The normalized spacial score (nSPS) is 11.3. The van der Waals surface area contributed by atoms with E-state index in [1.807, 2.05) is 0 Å². The van der Waals surface area contributed by atoms with Crippen molar-refractivity contribution in [1.82, 2.24) is 5.32 Å². The maximum absolute atomic E-state index is 12.8. The number of carbonyl (C=O) groups is 1. The zero-order valence-corrected chi connectivity index (χ0v) is 21.8. The monoisotopic (exact) mass is 518 g/mol. The lowest BCUT2D eigenvalue weighted by atomic mass is 10.0. The van der Waals surface area contributed by atoms with Gasteiger partial charge in [0.2, 0.25) is 10.0 Å².